The third-order valence-corrected chi connectivity index (χ3v) is 6.25. The minimum absolute atomic E-state index is 0.118. The number of aliphatic hydroxyl groups is 2. The highest BCUT2D eigenvalue weighted by atomic mass is 31.2. The monoisotopic (exact) mass is 344 g/mol. The van der Waals surface area contributed by atoms with E-state index in [1.54, 1.807) is 0 Å². The average molecular weight is 344 g/mol. The summed E-state index contributed by atoms with van der Waals surface area (Å²) in [4.78, 5) is 9.82. The van der Waals surface area contributed by atoms with Crippen LogP contribution in [-0.2, 0) is 13.8 Å². The number of aliphatic hydroxyl groups excluding tert-OH is 1. The lowest BCUT2D eigenvalue weighted by Crippen LogP contribution is -2.38. The summed E-state index contributed by atoms with van der Waals surface area (Å²) in [6, 6.07) is -0.902. The smallest absolute Gasteiger partial charge is 0.361 e. The number of rotatable bonds is 7. The van der Waals surface area contributed by atoms with Gasteiger partial charge >= 0.3 is 7.60 Å². The van der Waals surface area contributed by atoms with Gasteiger partial charge in [0.15, 0.2) is 5.34 Å². The largest absolute Gasteiger partial charge is 0.387 e. The van der Waals surface area contributed by atoms with E-state index in [2.05, 4.69) is 0 Å². The maximum atomic E-state index is 14.8. The molecule has 0 aliphatic carbocycles. The van der Waals surface area contributed by atoms with Gasteiger partial charge in [-0.1, -0.05) is 13.8 Å². The molecular weight excluding hydrogens is 320 g/mol. The highest BCUT2D eigenvalue weighted by molar-refractivity contribution is 7.54. The van der Waals surface area contributed by atoms with Crippen LogP contribution >= 0.6 is 7.60 Å². The standard InChI is InChI=1S/C12H24BF2O6P/c1-4-11(3,17)22(18,19)21-12(15,5-2)6-7-9(16)8(14)10(13)20-7/h7-10,16-17H,4-6,13H2,1-3H3,(H,18,19)/t7-,8-,9-,10-,11?,12-/m1/s1. The van der Waals surface area contributed by atoms with Gasteiger partial charge in [-0.15, -0.1) is 0 Å². The van der Waals surface area contributed by atoms with Crippen molar-refractivity contribution in [1.82, 2.24) is 0 Å². The first-order valence-electron chi connectivity index (χ1n) is 7.31. The molecule has 10 heteroatoms. The van der Waals surface area contributed by atoms with E-state index in [1.807, 2.05) is 0 Å². The molecule has 22 heavy (non-hydrogen) atoms. The van der Waals surface area contributed by atoms with Crippen molar-refractivity contribution in [2.45, 2.75) is 75.6 Å². The van der Waals surface area contributed by atoms with Gasteiger partial charge in [0.2, 0.25) is 5.85 Å². The maximum Gasteiger partial charge on any atom is 0.361 e. The molecule has 1 saturated heterocycles. The summed E-state index contributed by atoms with van der Waals surface area (Å²) >= 11 is 0. The quantitative estimate of drug-likeness (QED) is 0.468. The number of halogens is 2. The Morgan fingerprint density at radius 1 is 1.41 bits per heavy atom. The van der Waals surface area contributed by atoms with E-state index in [1.165, 1.54) is 21.7 Å². The Bertz CT molecular complexity index is 440. The molecule has 1 heterocycles. The van der Waals surface area contributed by atoms with Crippen LogP contribution < -0.4 is 0 Å². The van der Waals surface area contributed by atoms with Crippen LogP contribution in [0.3, 0.4) is 0 Å². The second kappa shape index (κ2) is 6.83. The second-order valence-electron chi connectivity index (χ2n) is 5.94. The summed E-state index contributed by atoms with van der Waals surface area (Å²) in [5, 5.41) is 17.4. The lowest BCUT2D eigenvalue weighted by Gasteiger charge is -2.34. The highest BCUT2D eigenvalue weighted by Crippen LogP contribution is 2.59. The topological polar surface area (TPSA) is 96.2 Å². The third-order valence-electron chi connectivity index (χ3n) is 4.14. The summed E-state index contributed by atoms with van der Waals surface area (Å²) in [6.07, 6.45) is -5.45. The van der Waals surface area contributed by atoms with Crippen molar-refractivity contribution in [3.8, 4) is 0 Å². The highest BCUT2D eigenvalue weighted by Gasteiger charge is 2.51. The van der Waals surface area contributed by atoms with Crippen LogP contribution in [-0.4, -0.2) is 58.5 Å². The van der Waals surface area contributed by atoms with Gasteiger partial charge in [0.05, 0.1) is 12.1 Å². The molecule has 1 aliphatic rings. The van der Waals surface area contributed by atoms with Crippen LogP contribution in [0.1, 0.15) is 40.0 Å². The van der Waals surface area contributed by atoms with Gasteiger partial charge < -0.3 is 19.8 Å². The van der Waals surface area contributed by atoms with E-state index >= 15 is 0 Å². The maximum absolute atomic E-state index is 14.8. The van der Waals surface area contributed by atoms with Crippen molar-refractivity contribution < 1.29 is 37.7 Å². The SMILES string of the molecule is B[C@@H]1O[C@H](C[C@@](F)(CC)OP(=O)(O)C(C)(O)CC)[C@@H](O)[C@H]1F. The molecular formula is C12H24BF2O6P. The Kier molecular flexibility index (Phi) is 6.21. The normalized spacial score (nSPS) is 37.3. The summed E-state index contributed by atoms with van der Waals surface area (Å²) in [7, 11) is -3.29. The molecule has 0 spiro atoms. The fourth-order valence-electron chi connectivity index (χ4n) is 2.15. The van der Waals surface area contributed by atoms with E-state index in [0.29, 0.717) is 0 Å². The first kappa shape index (κ1) is 20.0. The van der Waals surface area contributed by atoms with Crippen molar-refractivity contribution in [3.63, 3.8) is 0 Å². The Morgan fingerprint density at radius 3 is 2.32 bits per heavy atom. The van der Waals surface area contributed by atoms with Crippen molar-refractivity contribution >= 4 is 15.4 Å². The van der Waals surface area contributed by atoms with E-state index in [9.17, 15) is 28.5 Å². The van der Waals surface area contributed by atoms with Crippen LogP contribution in [0.4, 0.5) is 8.78 Å². The summed E-state index contributed by atoms with van der Waals surface area (Å²) in [6.45, 7) is 3.90. The van der Waals surface area contributed by atoms with Crippen molar-refractivity contribution in [3.05, 3.63) is 0 Å². The van der Waals surface area contributed by atoms with Crippen LogP contribution in [0, 0.1) is 0 Å². The number of alkyl halides is 2. The Hall–Kier alpha value is -0.0451. The third kappa shape index (κ3) is 4.07. The van der Waals surface area contributed by atoms with E-state index < -0.39 is 49.6 Å². The number of hydrogen-bond donors (Lipinski definition) is 3. The zero-order chi connectivity index (χ0) is 17.3. The van der Waals surface area contributed by atoms with Gasteiger partial charge in [0.1, 0.15) is 20.1 Å². The predicted octanol–water partition coefficient (Wildman–Crippen LogP) is 0.830. The first-order valence-corrected chi connectivity index (χ1v) is 8.89. The minimum atomic E-state index is -4.69. The fourth-order valence-corrected chi connectivity index (χ4v) is 3.39. The van der Waals surface area contributed by atoms with Gasteiger partial charge in [0.25, 0.3) is 0 Å². The lowest BCUT2D eigenvalue weighted by atomic mass is 9.93. The van der Waals surface area contributed by atoms with Gasteiger partial charge in [-0.05, 0) is 13.3 Å². The molecule has 3 N–H and O–H groups in total. The molecule has 0 bridgehead atoms. The molecule has 130 valence electrons. The molecule has 1 aliphatic heterocycles. The Labute approximate surface area is 129 Å². The Balaban J connectivity index is 2.87. The molecule has 1 rings (SSSR count). The zero-order valence-electron chi connectivity index (χ0n) is 13.2. The number of hydrogen-bond acceptors (Lipinski definition) is 5. The average Bonchev–Trinajstić information content (AvgIpc) is 2.65. The predicted molar refractivity (Wildman–Crippen MR) is 78.7 cm³/mol. The van der Waals surface area contributed by atoms with Gasteiger partial charge in [-0.25, -0.2) is 8.78 Å². The molecule has 6 nitrogen and oxygen atoms in total. The summed E-state index contributed by atoms with van der Waals surface area (Å²) in [5.41, 5.74) is 0. The molecule has 7 atom stereocenters. The number of ether oxygens (including phenoxy) is 1. The first-order chi connectivity index (χ1) is 9.89. The van der Waals surface area contributed by atoms with Crippen LogP contribution in [0.15, 0.2) is 0 Å². The summed E-state index contributed by atoms with van der Waals surface area (Å²) < 4.78 is 50.2. The van der Waals surface area contributed by atoms with Crippen LogP contribution in [0.2, 0.25) is 0 Å². The zero-order valence-corrected chi connectivity index (χ0v) is 14.1. The molecule has 0 saturated carbocycles. The van der Waals surface area contributed by atoms with Crippen molar-refractivity contribution in [1.29, 1.82) is 0 Å². The lowest BCUT2D eigenvalue weighted by molar-refractivity contribution is -0.124. The van der Waals surface area contributed by atoms with E-state index in [0.717, 1.165) is 6.92 Å². The fraction of sp³-hybridized carbons (Fsp3) is 1.00. The Morgan fingerprint density at radius 2 is 1.95 bits per heavy atom. The van der Waals surface area contributed by atoms with Crippen LogP contribution in [0.25, 0.3) is 0 Å². The van der Waals surface area contributed by atoms with E-state index in [4.69, 9.17) is 9.26 Å². The molecule has 0 radical (unpaired) electrons. The van der Waals surface area contributed by atoms with Crippen molar-refractivity contribution in [2.24, 2.45) is 0 Å². The van der Waals surface area contributed by atoms with Crippen molar-refractivity contribution in [2.75, 3.05) is 0 Å². The van der Waals surface area contributed by atoms with Crippen LogP contribution in [0.5, 0.6) is 0 Å². The van der Waals surface area contributed by atoms with Gasteiger partial charge in [-0.3, -0.25) is 9.09 Å². The van der Waals surface area contributed by atoms with Gasteiger partial charge in [0, 0.05) is 12.8 Å². The molecule has 2 unspecified atom stereocenters. The minimum Gasteiger partial charge on any atom is -0.387 e. The van der Waals surface area contributed by atoms with Gasteiger partial charge in [-0.2, -0.15) is 0 Å². The molecule has 0 aromatic carbocycles. The molecule has 1 fully saturated rings. The van der Waals surface area contributed by atoms with E-state index in [-0.39, 0.29) is 12.8 Å². The molecule has 0 amide bonds. The summed E-state index contributed by atoms with van der Waals surface area (Å²) in [5.74, 6) is -2.63. The second-order valence-corrected chi connectivity index (χ2v) is 8.12. The molecule has 0 aromatic heterocycles. The molecule has 0 aromatic rings.